The number of nitrogens with one attached hydrogen (secondary N) is 1. The number of hydrogen-bond acceptors (Lipinski definition) is 6. The van der Waals surface area contributed by atoms with Crippen LogP contribution in [0, 0.1) is 0 Å². The second-order valence-corrected chi connectivity index (χ2v) is 8.21. The Morgan fingerprint density at radius 1 is 1.06 bits per heavy atom. The Labute approximate surface area is 190 Å². The maximum atomic E-state index is 12.8. The highest BCUT2D eigenvalue weighted by atomic mass is 16.5. The standard InChI is InChI=1S/C24H26N2O7/c1-32-21-12-26(11-20(21)27)23(30)19(10-22(28)29)25-24(31)33-13-18-16-8-4-2-6-14(16)15-7-3-5-9-17(15)18/h2-9,18-21,27H,10-13H2,1H3,(H,25,31)(H,28,29)/t19?,20-,21-/m1/s1. The Hall–Kier alpha value is -3.43. The van der Waals surface area contributed by atoms with Crippen LogP contribution in [0.3, 0.4) is 0 Å². The normalized spacial score (nSPS) is 20.1. The van der Waals surface area contributed by atoms with E-state index in [2.05, 4.69) is 5.32 Å². The number of carbonyl (C=O) groups excluding carboxylic acids is 2. The minimum absolute atomic E-state index is 0.000170. The molecular formula is C24H26N2O7. The molecule has 1 aliphatic heterocycles. The summed E-state index contributed by atoms with van der Waals surface area (Å²) in [5.74, 6) is -2.01. The lowest BCUT2D eigenvalue weighted by Gasteiger charge is -2.23. The van der Waals surface area contributed by atoms with Crippen LogP contribution in [0.15, 0.2) is 48.5 Å². The van der Waals surface area contributed by atoms with Crippen LogP contribution in [0.1, 0.15) is 23.5 Å². The summed E-state index contributed by atoms with van der Waals surface area (Å²) in [6.45, 7) is 0.154. The molecule has 2 aromatic carbocycles. The van der Waals surface area contributed by atoms with Gasteiger partial charge in [0.25, 0.3) is 0 Å². The van der Waals surface area contributed by atoms with Gasteiger partial charge in [-0.05, 0) is 22.3 Å². The molecule has 1 saturated heterocycles. The Kier molecular flexibility index (Phi) is 6.62. The number of rotatable bonds is 7. The number of fused-ring (bicyclic) bond motifs is 3. The van der Waals surface area contributed by atoms with Gasteiger partial charge in [0, 0.05) is 26.1 Å². The monoisotopic (exact) mass is 454 g/mol. The molecule has 0 saturated carbocycles. The van der Waals surface area contributed by atoms with E-state index in [9.17, 15) is 24.6 Å². The van der Waals surface area contributed by atoms with Crippen LogP contribution in [0.5, 0.6) is 0 Å². The topological polar surface area (TPSA) is 125 Å². The molecule has 9 heteroatoms. The van der Waals surface area contributed by atoms with Crippen LogP contribution in [0.25, 0.3) is 11.1 Å². The predicted molar refractivity (Wildman–Crippen MR) is 118 cm³/mol. The number of methoxy groups -OCH3 is 1. The SMILES string of the molecule is CO[C@@H]1CN(C(=O)C(CC(=O)O)NC(=O)OCC2c3ccccc3-c3ccccc32)C[C@H]1O. The molecule has 0 aromatic heterocycles. The number of aliphatic carboxylic acids is 1. The number of aliphatic hydroxyl groups excluding tert-OH is 1. The highest BCUT2D eigenvalue weighted by Crippen LogP contribution is 2.44. The molecule has 1 heterocycles. The molecule has 1 fully saturated rings. The Morgan fingerprint density at radius 2 is 1.67 bits per heavy atom. The van der Waals surface area contributed by atoms with E-state index in [1.165, 1.54) is 12.0 Å². The third-order valence-corrected chi connectivity index (χ3v) is 6.16. The molecule has 2 aromatic rings. The first-order chi connectivity index (χ1) is 15.9. The fraction of sp³-hybridized carbons (Fsp3) is 0.375. The number of benzene rings is 2. The van der Waals surface area contributed by atoms with Crippen LogP contribution in [-0.4, -0.2) is 78.1 Å². The minimum Gasteiger partial charge on any atom is -0.481 e. The zero-order chi connectivity index (χ0) is 23.5. The first-order valence-corrected chi connectivity index (χ1v) is 10.7. The van der Waals surface area contributed by atoms with Gasteiger partial charge in [-0.2, -0.15) is 0 Å². The van der Waals surface area contributed by atoms with Gasteiger partial charge in [-0.25, -0.2) is 4.79 Å². The van der Waals surface area contributed by atoms with Crippen molar-refractivity contribution in [3.63, 3.8) is 0 Å². The van der Waals surface area contributed by atoms with Crippen molar-refractivity contribution in [2.45, 2.75) is 30.6 Å². The number of nitrogens with zero attached hydrogens (tertiary/aromatic N) is 1. The van der Waals surface area contributed by atoms with E-state index in [0.29, 0.717) is 0 Å². The molecule has 174 valence electrons. The molecule has 2 aliphatic rings. The van der Waals surface area contributed by atoms with Crippen LogP contribution in [0.4, 0.5) is 4.79 Å². The number of carbonyl (C=O) groups is 3. The zero-order valence-electron chi connectivity index (χ0n) is 18.1. The zero-order valence-corrected chi connectivity index (χ0v) is 18.1. The van der Waals surface area contributed by atoms with Crippen LogP contribution in [0.2, 0.25) is 0 Å². The molecule has 3 N–H and O–H groups in total. The molecule has 1 unspecified atom stereocenters. The van der Waals surface area contributed by atoms with Gasteiger partial charge in [-0.1, -0.05) is 48.5 Å². The molecule has 3 atom stereocenters. The highest BCUT2D eigenvalue weighted by Gasteiger charge is 2.38. The quantitative estimate of drug-likeness (QED) is 0.580. The maximum Gasteiger partial charge on any atom is 0.407 e. The number of carboxylic acid groups (broad SMARTS) is 1. The number of aliphatic hydroxyl groups is 1. The number of hydrogen-bond donors (Lipinski definition) is 3. The van der Waals surface area contributed by atoms with Crippen molar-refractivity contribution in [3.8, 4) is 11.1 Å². The number of ether oxygens (including phenoxy) is 2. The summed E-state index contributed by atoms with van der Waals surface area (Å²) in [6, 6.07) is 14.5. The Balaban J connectivity index is 1.42. The lowest BCUT2D eigenvalue weighted by Crippen LogP contribution is -2.49. The Bertz CT molecular complexity index is 1010. The second-order valence-electron chi connectivity index (χ2n) is 8.21. The maximum absolute atomic E-state index is 12.8. The summed E-state index contributed by atoms with van der Waals surface area (Å²) in [4.78, 5) is 38.0. The molecular weight excluding hydrogens is 428 g/mol. The first-order valence-electron chi connectivity index (χ1n) is 10.7. The summed E-state index contributed by atoms with van der Waals surface area (Å²) in [7, 11) is 1.42. The van der Waals surface area contributed by atoms with E-state index in [0.717, 1.165) is 22.3 Å². The summed E-state index contributed by atoms with van der Waals surface area (Å²) in [5, 5.41) is 21.6. The molecule has 33 heavy (non-hydrogen) atoms. The smallest absolute Gasteiger partial charge is 0.407 e. The number of likely N-dealkylation sites (tertiary alicyclic amines) is 1. The number of alkyl carbamates (subject to hydrolysis) is 1. The molecule has 2 amide bonds. The number of amides is 2. The number of β-amino-alcohol motifs (C(OH)–C–C–N with tert-alkyl or cyclic N) is 1. The van der Waals surface area contributed by atoms with Crippen molar-refractivity contribution in [1.82, 2.24) is 10.2 Å². The van der Waals surface area contributed by atoms with Crippen LogP contribution in [-0.2, 0) is 19.1 Å². The van der Waals surface area contributed by atoms with Gasteiger partial charge >= 0.3 is 12.1 Å². The molecule has 0 bridgehead atoms. The molecule has 9 nitrogen and oxygen atoms in total. The predicted octanol–water partition coefficient (Wildman–Crippen LogP) is 1.59. The lowest BCUT2D eigenvalue weighted by molar-refractivity contribution is -0.142. The first kappa shape index (κ1) is 22.8. The fourth-order valence-electron chi connectivity index (χ4n) is 4.55. The number of carboxylic acids is 1. The van der Waals surface area contributed by atoms with E-state index >= 15 is 0 Å². The third-order valence-electron chi connectivity index (χ3n) is 6.16. The van der Waals surface area contributed by atoms with Gasteiger partial charge in [-0.3, -0.25) is 9.59 Å². The molecule has 4 rings (SSSR count). The van der Waals surface area contributed by atoms with Crippen molar-refractivity contribution in [2.75, 3.05) is 26.8 Å². The van der Waals surface area contributed by atoms with Gasteiger partial charge in [0.2, 0.25) is 5.91 Å². The van der Waals surface area contributed by atoms with Crippen molar-refractivity contribution in [1.29, 1.82) is 0 Å². The van der Waals surface area contributed by atoms with Crippen LogP contribution >= 0.6 is 0 Å². The Morgan fingerprint density at radius 3 is 2.21 bits per heavy atom. The van der Waals surface area contributed by atoms with Gasteiger partial charge < -0.3 is 29.9 Å². The summed E-state index contributed by atoms with van der Waals surface area (Å²) in [5.41, 5.74) is 4.25. The van der Waals surface area contributed by atoms with Crippen molar-refractivity contribution < 1.29 is 34.1 Å². The van der Waals surface area contributed by atoms with E-state index in [-0.39, 0.29) is 25.6 Å². The van der Waals surface area contributed by atoms with Gasteiger partial charge in [-0.15, -0.1) is 0 Å². The lowest BCUT2D eigenvalue weighted by atomic mass is 9.98. The summed E-state index contributed by atoms with van der Waals surface area (Å²) < 4.78 is 10.6. The van der Waals surface area contributed by atoms with E-state index in [1.54, 1.807) is 0 Å². The molecule has 0 radical (unpaired) electrons. The minimum atomic E-state index is -1.32. The van der Waals surface area contributed by atoms with Crippen molar-refractivity contribution in [2.24, 2.45) is 0 Å². The van der Waals surface area contributed by atoms with Gasteiger partial charge in [0.1, 0.15) is 18.8 Å². The highest BCUT2D eigenvalue weighted by molar-refractivity contribution is 5.89. The molecule has 0 spiro atoms. The van der Waals surface area contributed by atoms with Gasteiger partial charge in [0.05, 0.1) is 12.5 Å². The van der Waals surface area contributed by atoms with E-state index < -0.39 is 42.6 Å². The largest absolute Gasteiger partial charge is 0.481 e. The average Bonchev–Trinajstić information content (AvgIpc) is 3.34. The second kappa shape index (κ2) is 9.60. The van der Waals surface area contributed by atoms with Crippen molar-refractivity contribution >= 4 is 18.0 Å². The fourth-order valence-corrected chi connectivity index (χ4v) is 4.55. The third kappa shape index (κ3) is 4.69. The molecule has 1 aliphatic carbocycles. The van der Waals surface area contributed by atoms with Gasteiger partial charge in [0.15, 0.2) is 0 Å². The summed E-state index contributed by atoms with van der Waals surface area (Å²) >= 11 is 0. The van der Waals surface area contributed by atoms with E-state index in [1.807, 2.05) is 48.5 Å². The van der Waals surface area contributed by atoms with E-state index in [4.69, 9.17) is 9.47 Å². The summed E-state index contributed by atoms with van der Waals surface area (Å²) in [6.07, 6.45) is -2.92. The van der Waals surface area contributed by atoms with Crippen molar-refractivity contribution in [3.05, 3.63) is 59.7 Å². The van der Waals surface area contributed by atoms with Crippen LogP contribution < -0.4 is 5.32 Å². The average molecular weight is 454 g/mol.